The molecule has 1 saturated heterocycles. The maximum Gasteiger partial charge on any atom is 0.331 e. The lowest BCUT2D eigenvalue weighted by Crippen LogP contribution is -2.46. The number of thiophene rings is 1. The minimum atomic E-state index is -0.361. The molecule has 2 aliphatic heterocycles. The third-order valence-corrected chi connectivity index (χ3v) is 8.09. The minimum Gasteiger partial charge on any atom is -0.457 e. The number of amides is 3. The number of pyridine rings is 1. The molecule has 1 fully saturated rings. The lowest BCUT2D eigenvalue weighted by atomic mass is 10.1. The molecule has 0 spiro atoms. The number of aromatic nitrogens is 1. The van der Waals surface area contributed by atoms with Crippen LogP contribution in [0.15, 0.2) is 72.8 Å². The van der Waals surface area contributed by atoms with Gasteiger partial charge < -0.3 is 20.3 Å². The molecule has 204 valence electrons. The first kappa shape index (κ1) is 25.8. The van der Waals surface area contributed by atoms with E-state index < -0.39 is 0 Å². The highest BCUT2D eigenvalue weighted by Gasteiger charge is 2.34. The van der Waals surface area contributed by atoms with Gasteiger partial charge in [-0.25, -0.2) is 14.2 Å². The lowest BCUT2D eigenvalue weighted by molar-refractivity contribution is 0.0921. The van der Waals surface area contributed by atoms with E-state index in [1.165, 1.54) is 24.5 Å². The van der Waals surface area contributed by atoms with Crippen LogP contribution in [0.3, 0.4) is 0 Å². The van der Waals surface area contributed by atoms with Gasteiger partial charge in [-0.1, -0.05) is 18.2 Å². The third-order valence-electron chi connectivity index (χ3n) is 6.99. The Morgan fingerprint density at radius 1 is 1.18 bits per heavy atom. The van der Waals surface area contributed by atoms with Gasteiger partial charge in [-0.3, -0.25) is 9.69 Å². The van der Waals surface area contributed by atoms with Crippen molar-refractivity contribution >= 4 is 50.6 Å². The van der Waals surface area contributed by atoms with Gasteiger partial charge in [0.1, 0.15) is 27.0 Å². The molecule has 1 atom stereocenters. The van der Waals surface area contributed by atoms with Gasteiger partial charge in [0.15, 0.2) is 0 Å². The van der Waals surface area contributed by atoms with Crippen molar-refractivity contribution in [2.75, 3.05) is 23.3 Å². The number of para-hydroxylation sites is 1. The van der Waals surface area contributed by atoms with Crippen molar-refractivity contribution in [1.82, 2.24) is 15.2 Å². The number of halogens is 1. The molecule has 10 heteroatoms. The van der Waals surface area contributed by atoms with E-state index in [9.17, 15) is 14.0 Å². The fourth-order valence-electron chi connectivity index (χ4n) is 5.29. The SMILES string of the molecule is CC(F)=CN1CCC[C@@H](NC(=O)c2sc3nccc4c3c2NC(=O)N4c2ccc(Oc3ccccc3)cc2C)C1. The largest absolute Gasteiger partial charge is 0.457 e. The monoisotopic (exact) mass is 557 g/mol. The van der Waals surface area contributed by atoms with Crippen LogP contribution >= 0.6 is 11.3 Å². The second-order valence-electron chi connectivity index (χ2n) is 9.97. The van der Waals surface area contributed by atoms with Crippen LogP contribution < -0.4 is 20.3 Å². The third kappa shape index (κ3) is 4.98. The summed E-state index contributed by atoms with van der Waals surface area (Å²) in [7, 11) is 0. The number of benzene rings is 2. The van der Waals surface area contributed by atoms with Crippen molar-refractivity contribution in [3.05, 3.63) is 83.3 Å². The normalized spacial score (nSPS) is 17.1. The highest BCUT2D eigenvalue weighted by atomic mass is 32.1. The summed E-state index contributed by atoms with van der Waals surface area (Å²) >= 11 is 1.25. The van der Waals surface area contributed by atoms with E-state index in [4.69, 9.17) is 4.74 Å². The summed E-state index contributed by atoms with van der Waals surface area (Å²) in [6.07, 6.45) is 4.78. The number of allylic oxidation sites excluding steroid dienone is 1. The van der Waals surface area contributed by atoms with Crippen molar-refractivity contribution in [2.24, 2.45) is 0 Å². The van der Waals surface area contributed by atoms with Crippen LogP contribution in [-0.2, 0) is 0 Å². The summed E-state index contributed by atoms with van der Waals surface area (Å²) in [6, 6.07) is 16.4. The van der Waals surface area contributed by atoms with Gasteiger partial charge in [0.25, 0.3) is 5.91 Å². The van der Waals surface area contributed by atoms with Gasteiger partial charge >= 0.3 is 6.03 Å². The van der Waals surface area contributed by atoms with Crippen molar-refractivity contribution in [3.8, 4) is 11.5 Å². The molecule has 40 heavy (non-hydrogen) atoms. The Morgan fingerprint density at radius 2 is 2.00 bits per heavy atom. The zero-order valence-corrected chi connectivity index (χ0v) is 22.9. The van der Waals surface area contributed by atoms with Crippen LogP contribution in [0.4, 0.5) is 26.2 Å². The molecule has 4 heterocycles. The molecule has 4 aromatic rings. The van der Waals surface area contributed by atoms with Crippen molar-refractivity contribution in [1.29, 1.82) is 0 Å². The zero-order chi connectivity index (χ0) is 27.8. The maximum absolute atomic E-state index is 13.5. The maximum atomic E-state index is 13.5. The van der Waals surface area contributed by atoms with Crippen LogP contribution in [0.5, 0.6) is 11.5 Å². The first-order valence-corrected chi connectivity index (χ1v) is 13.9. The Hall–Kier alpha value is -4.44. The summed E-state index contributed by atoms with van der Waals surface area (Å²) in [4.78, 5) is 36.0. The predicted octanol–water partition coefficient (Wildman–Crippen LogP) is 7.11. The summed E-state index contributed by atoms with van der Waals surface area (Å²) in [5.41, 5.74) is 2.68. The van der Waals surface area contributed by atoms with Crippen LogP contribution in [0.1, 0.15) is 35.0 Å². The van der Waals surface area contributed by atoms with E-state index in [0.717, 1.165) is 36.1 Å². The summed E-state index contributed by atoms with van der Waals surface area (Å²) in [5, 5.41) is 6.76. The number of urea groups is 1. The second-order valence-corrected chi connectivity index (χ2v) is 11.0. The first-order valence-electron chi connectivity index (χ1n) is 13.1. The molecule has 3 amide bonds. The Bertz CT molecular complexity index is 1630. The Labute approximate surface area is 235 Å². The van der Waals surface area contributed by atoms with Gasteiger partial charge in [0.05, 0.1) is 22.4 Å². The number of aryl methyl sites for hydroxylation is 1. The molecular formula is C30H28FN5O3S. The number of ether oxygens (including phenoxy) is 1. The molecule has 6 rings (SSSR count). The van der Waals surface area contributed by atoms with Crippen LogP contribution in [0.2, 0.25) is 0 Å². The number of nitrogens with one attached hydrogen (secondary N) is 2. The summed E-state index contributed by atoms with van der Waals surface area (Å²) in [6.45, 7) is 4.61. The number of hydrogen-bond donors (Lipinski definition) is 2. The molecule has 8 nitrogen and oxygen atoms in total. The zero-order valence-electron chi connectivity index (χ0n) is 22.1. The average molecular weight is 558 g/mol. The molecule has 0 unspecified atom stereocenters. The van der Waals surface area contributed by atoms with Crippen LogP contribution in [0.25, 0.3) is 10.2 Å². The van der Waals surface area contributed by atoms with E-state index in [0.29, 0.717) is 39.1 Å². The van der Waals surface area contributed by atoms with Gasteiger partial charge in [0, 0.05) is 31.5 Å². The Balaban J connectivity index is 1.29. The molecule has 0 bridgehead atoms. The van der Waals surface area contributed by atoms with Crippen molar-refractivity contribution < 1.29 is 18.7 Å². The highest BCUT2D eigenvalue weighted by molar-refractivity contribution is 7.21. The number of piperidine rings is 1. The summed E-state index contributed by atoms with van der Waals surface area (Å²) in [5.74, 6) is 0.854. The van der Waals surface area contributed by atoms with Crippen LogP contribution in [-0.4, -0.2) is 41.0 Å². The molecule has 2 aromatic carbocycles. The summed E-state index contributed by atoms with van der Waals surface area (Å²) < 4.78 is 19.4. The number of carbonyl (C=O) groups is 2. The van der Waals surface area contributed by atoms with E-state index in [2.05, 4.69) is 15.6 Å². The molecule has 2 aliphatic rings. The molecular weight excluding hydrogens is 529 g/mol. The topological polar surface area (TPSA) is 86.8 Å². The highest BCUT2D eigenvalue weighted by Crippen LogP contribution is 2.46. The fraction of sp³-hybridized carbons (Fsp3) is 0.233. The van der Waals surface area contributed by atoms with Gasteiger partial charge in [-0.2, -0.15) is 0 Å². The average Bonchev–Trinajstić information content (AvgIpc) is 3.29. The van der Waals surface area contributed by atoms with E-state index in [-0.39, 0.29) is 23.8 Å². The number of rotatable bonds is 6. The molecule has 2 aromatic heterocycles. The molecule has 0 saturated carbocycles. The van der Waals surface area contributed by atoms with Gasteiger partial charge in [-0.15, -0.1) is 11.3 Å². The Morgan fingerprint density at radius 3 is 2.77 bits per heavy atom. The van der Waals surface area contributed by atoms with Crippen LogP contribution in [0, 0.1) is 6.92 Å². The lowest BCUT2D eigenvalue weighted by Gasteiger charge is -2.32. The van der Waals surface area contributed by atoms with E-state index in [1.807, 2.05) is 60.4 Å². The number of hydrogen-bond acceptors (Lipinski definition) is 6. The molecule has 0 radical (unpaired) electrons. The standard InChI is InChI=1S/C30H28FN5O3S/c1-18-15-22(39-21-8-4-3-5-9-21)10-11-23(18)36-24-12-13-32-29-25(24)26(34-30(36)38)27(40-29)28(37)33-20-7-6-14-35(17-20)16-19(2)31/h3-5,8-13,15-16,20H,6-7,14,17H2,1-2H3,(H,33,37)(H,34,38)/t20-/m1/s1. The van der Waals surface area contributed by atoms with Crippen molar-refractivity contribution in [3.63, 3.8) is 0 Å². The Kier molecular flexibility index (Phi) is 6.85. The smallest absolute Gasteiger partial charge is 0.331 e. The van der Waals surface area contributed by atoms with E-state index >= 15 is 0 Å². The predicted molar refractivity (Wildman–Crippen MR) is 155 cm³/mol. The number of likely N-dealkylation sites (tertiary alicyclic amines) is 1. The molecule has 2 N–H and O–H groups in total. The number of anilines is 3. The quantitative estimate of drug-likeness (QED) is 0.264. The number of nitrogens with zero attached hydrogens (tertiary/aromatic N) is 3. The number of carbonyl (C=O) groups excluding carboxylic acids is 2. The first-order chi connectivity index (χ1) is 19.4. The second kappa shape index (κ2) is 10.6. The van der Waals surface area contributed by atoms with Crippen molar-refractivity contribution in [2.45, 2.75) is 32.7 Å². The molecule has 0 aliphatic carbocycles. The fourth-order valence-corrected chi connectivity index (χ4v) is 6.32. The van der Waals surface area contributed by atoms with Gasteiger partial charge in [-0.05, 0) is 68.7 Å². The minimum absolute atomic E-state index is 0.128. The van der Waals surface area contributed by atoms with E-state index in [1.54, 1.807) is 17.2 Å². The van der Waals surface area contributed by atoms with Gasteiger partial charge in [0.2, 0.25) is 0 Å².